The van der Waals surface area contributed by atoms with E-state index in [4.69, 9.17) is 14.2 Å². The Bertz CT molecular complexity index is 1510. The lowest BCUT2D eigenvalue weighted by molar-refractivity contribution is 0.386. The zero-order valence-electron chi connectivity index (χ0n) is 20.9. The fraction of sp³-hybridized carbons (Fsp3) is 0.240. The number of sulfonamides is 1. The molecule has 0 atom stereocenters. The Hall–Kier alpha value is -4.12. The highest BCUT2D eigenvalue weighted by molar-refractivity contribution is 7.92. The molecule has 11 heteroatoms. The van der Waals surface area contributed by atoms with E-state index in [0.29, 0.717) is 34.7 Å². The monoisotopic (exact) mass is 509 g/mol. The van der Waals surface area contributed by atoms with Crippen LogP contribution in [-0.4, -0.2) is 42.4 Å². The first-order valence-corrected chi connectivity index (χ1v) is 12.5. The zero-order valence-corrected chi connectivity index (χ0v) is 21.7. The van der Waals surface area contributed by atoms with Crippen LogP contribution >= 0.6 is 0 Å². The van der Waals surface area contributed by atoms with Gasteiger partial charge < -0.3 is 14.2 Å². The van der Waals surface area contributed by atoms with Gasteiger partial charge in [-0.15, -0.1) is 0 Å². The highest BCUT2D eigenvalue weighted by Crippen LogP contribution is 2.30. The van der Waals surface area contributed by atoms with Gasteiger partial charge in [0.1, 0.15) is 28.0 Å². The number of methoxy groups -OCH3 is 2. The lowest BCUT2D eigenvalue weighted by Crippen LogP contribution is -2.14. The highest BCUT2D eigenvalue weighted by atomic mass is 32.2. The molecule has 0 aliphatic heterocycles. The molecule has 2 aromatic carbocycles. The van der Waals surface area contributed by atoms with Gasteiger partial charge >= 0.3 is 0 Å². The van der Waals surface area contributed by atoms with Gasteiger partial charge in [-0.2, -0.15) is 10.1 Å². The van der Waals surface area contributed by atoms with E-state index in [2.05, 4.69) is 19.8 Å². The third kappa shape index (κ3) is 5.10. The summed E-state index contributed by atoms with van der Waals surface area (Å²) < 4.78 is 46.5. The Balaban J connectivity index is 1.54. The van der Waals surface area contributed by atoms with Crippen LogP contribution in [0.2, 0.25) is 0 Å². The maximum Gasteiger partial charge on any atom is 0.265 e. The lowest BCUT2D eigenvalue weighted by atomic mass is 10.2. The fourth-order valence-electron chi connectivity index (χ4n) is 3.55. The summed E-state index contributed by atoms with van der Waals surface area (Å²) in [5.41, 5.74) is 3.37. The lowest BCUT2D eigenvalue weighted by Gasteiger charge is -2.13. The van der Waals surface area contributed by atoms with E-state index in [1.54, 1.807) is 48.0 Å². The second kappa shape index (κ2) is 9.86. The maximum atomic E-state index is 12.9. The summed E-state index contributed by atoms with van der Waals surface area (Å²) in [6.45, 7) is 7.72. The predicted octanol–water partition coefficient (Wildman–Crippen LogP) is 4.51. The molecule has 188 valence electrons. The third-order valence-corrected chi connectivity index (χ3v) is 7.08. The number of hydrogen-bond acceptors (Lipinski definition) is 8. The molecule has 0 saturated carbocycles. The van der Waals surface area contributed by atoms with Gasteiger partial charge in [0.05, 0.1) is 19.9 Å². The minimum atomic E-state index is -3.90. The van der Waals surface area contributed by atoms with Crippen LogP contribution in [-0.2, 0) is 10.0 Å². The molecular formula is C25H27N5O5S. The standard InChI is InChI=1S/C25H27N5O5S/c1-15-16(2)28-30(17(15)3)24-14-25(27-18(4)26-24)35-20-9-7-19(8-10-20)29-36(31,32)23-12-11-21(33-5)13-22(23)34-6/h7-14,29H,1-6H3. The molecule has 10 nitrogen and oxygen atoms in total. The minimum absolute atomic E-state index is 0.00509. The van der Waals surface area contributed by atoms with Crippen molar-refractivity contribution < 1.29 is 22.6 Å². The zero-order chi connectivity index (χ0) is 26.0. The Morgan fingerprint density at radius 3 is 2.17 bits per heavy atom. The molecule has 36 heavy (non-hydrogen) atoms. The van der Waals surface area contributed by atoms with Crippen LogP contribution in [0, 0.1) is 27.7 Å². The molecule has 0 fully saturated rings. The molecule has 1 N–H and O–H groups in total. The summed E-state index contributed by atoms with van der Waals surface area (Å²) in [7, 11) is -1.01. The van der Waals surface area contributed by atoms with Gasteiger partial charge in [-0.05, 0) is 69.7 Å². The number of anilines is 1. The first kappa shape index (κ1) is 25.0. The molecule has 2 aromatic heterocycles. The number of aromatic nitrogens is 4. The number of nitrogens with zero attached hydrogens (tertiary/aromatic N) is 4. The van der Waals surface area contributed by atoms with Gasteiger partial charge in [0.15, 0.2) is 5.82 Å². The van der Waals surface area contributed by atoms with Gasteiger partial charge in [-0.3, -0.25) is 4.72 Å². The van der Waals surface area contributed by atoms with Crippen molar-refractivity contribution in [1.29, 1.82) is 0 Å². The highest BCUT2D eigenvalue weighted by Gasteiger charge is 2.20. The van der Waals surface area contributed by atoms with E-state index in [0.717, 1.165) is 17.0 Å². The SMILES string of the molecule is COc1ccc(S(=O)(=O)Nc2ccc(Oc3cc(-n4nc(C)c(C)c4C)nc(C)n3)cc2)c(OC)c1. The van der Waals surface area contributed by atoms with Crippen molar-refractivity contribution in [1.82, 2.24) is 19.7 Å². The molecule has 4 aromatic rings. The number of rotatable bonds is 8. The minimum Gasteiger partial charge on any atom is -0.497 e. The number of benzene rings is 2. The summed E-state index contributed by atoms with van der Waals surface area (Å²) in [6, 6.07) is 12.7. The maximum absolute atomic E-state index is 12.9. The first-order valence-electron chi connectivity index (χ1n) is 11.0. The van der Waals surface area contributed by atoms with Crippen molar-refractivity contribution in [3.8, 4) is 28.9 Å². The van der Waals surface area contributed by atoms with Crippen LogP contribution in [0.1, 0.15) is 22.8 Å². The molecule has 0 radical (unpaired) electrons. The molecule has 0 unspecified atom stereocenters. The van der Waals surface area contributed by atoms with Gasteiger partial charge in [0, 0.05) is 23.5 Å². The van der Waals surface area contributed by atoms with Crippen molar-refractivity contribution in [3.63, 3.8) is 0 Å². The van der Waals surface area contributed by atoms with Crippen LogP contribution in [0.15, 0.2) is 53.4 Å². The number of ether oxygens (including phenoxy) is 3. The summed E-state index contributed by atoms with van der Waals surface area (Å²) in [5, 5.41) is 4.55. The second-order valence-corrected chi connectivity index (χ2v) is 9.72. The van der Waals surface area contributed by atoms with E-state index in [-0.39, 0.29) is 10.6 Å². The topological polar surface area (TPSA) is 117 Å². The van der Waals surface area contributed by atoms with Gasteiger partial charge in [0.2, 0.25) is 5.88 Å². The largest absolute Gasteiger partial charge is 0.497 e. The summed E-state index contributed by atoms with van der Waals surface area (Å²) in [5.74, 6) is 2.63. The van der Waals surface area contributed by atoms with Crippen molar-refractivity contribution in [2.45, 2.75) is 32.6 Å². The van der Waals surface area contributed by atoms with Crippen molar-refractivity contribution in [2.75, 3.05) is 18.9 Å². The molecule has 0 saturated heterocycles. The Morgan fingerprint density at radius 1 is 0.861 bits per heavy atom. The van der Waals surface area contributed by atoms with Crippen molar-refractivity contribution >= 4 is 15.7 Å². The first-order chi connectivity index (χ1) is 17.1. The molecular weight excluding hydrogens is 482 g/mol. The third-order valence-electron chi connectivity index (χ3n) is 5.66. The van der Waals surface area contributed by atoms with E-state index < -0.39 is 10.0 Å². The van der Waals surface area contributed by atoms with Crippen LogP contribution in [0.4, 0.5) is 5.69 Å². The van der Waals surface area contributed by atoms with Crippen molar-refractivity contribution in [2.24, 2.45) is 0 Å². The molecule has 4 rings (SSSR count). The van der Waals surface area contributed by atoms with E-state index in [9.17, 15) is 8.42 Å². The van der Waals surface area contributed by atoms with Crippen LogP contribution in [0.25, 0.3) is 5.82 Å². The van der Waals surface area contributed by atoms with Gasteiger partial charge in [-0.25, -0.2) is 18.1 Å². The van der Waals surface area contributed by atoms with Crippen LogP contribution in [0.3, 0.4) is 0 Å². The second-order valence-electron chi connectivity index (χ2n) is 8.07. The van der Waals surface area contributed by atoms with Gasteiger partial charge in [0.25, 0.3) is 10.0 Å². The van der Waals surface area contributed by atoms with Crippen LogP contribution < -0.4 is 18.9 Å². The summed E-state index contributed by atoms with van der Waals surface area (Å²) in [4.78, 5) is 8.84. The van der Waals surface area contributed by atoms with E-state index >= 15 is 0 Å². The molecule has 0 aliphatic rings. The summed E-state index contributed by atoms with van der Waals surface area (Å²) in [6.07, 6.45) is 0. The van der Waals surface area contributed by atoms with Crippen LogP contribution in [0.5, 0.6) is 23.1 Å². The number of hydrogen-bond donors (Lipinski definition) is 1. The molecule has 0 amide bonds. The molecule has 0 spiro atoms. The summed E-state index contributed by atoms with van der Waals surface area (Å²) >= 11 is 0. The predicted molar refractivity (Wildman–Crippen MR) is 135 cm³/mol. The number of nitrogens with one attached hydrogen (secondary N) is 1. The Kier molecular flexibility index (Phi) is 6.84. The average Bonchev–Trinajstić information content (AvgIpc) is 3.11. The Morgan fingerprint density at radius 2 is 1.56 bits per heavy atom. The average molecular weight is 510 g/mol. The Labute approximate surface area is 209 Å². The molecule has 0 bridgehead atoms. The fourth-order valence-corrected chi connectivity index (χ4v) is 4.76. The quantitative estimate of drug-likeness (QED) is 0.369. The molecule has 0 aliphatic carbocycles. The number of aryl methyl sites for hydroxylation is 2. The normalized spacial score (nSPS) is 11.3. The van der Waals surface area contributed by atoms with E-state index in [1.807, 2.05) is 20.8 Å². The molecule has 2 heterocycles. The van der Waals surface area contributed by atoms with Crippen molar-refractivity contribution in [3.05, 3.63) is 71.3 Å². The smallest absolute Gasteiger partial charge is 0.265 e. The van der Waals surface area contributed by atoms with E-state index in [1.165, 1.54) is 26.4 Å². The van der Waals surface area contributed by atoms with Gasteiger partial charge in [-0.1, -0.05) is 0 Å².